The fourth-order valence-electron chi connectivity index (χ4n) is 1.85. The SMILES string of the molecule is Cc1[nH]nc2c(Cc3ccsc3)n[nH]c(=O)c12. The Morgan fingerprint density at radius 3 is 3.00 bits per heavy atom. The molecule has 3 rings (SSSR count). The molecule has 0 aliphatic rings. The summed E-state index contributed by atoms with van der Waals surface area (Å²) in [6.07, 6.45) is 0.682. The first-order valence-corrected chi connectivity index (χ1v) is 6.13. The lowest BCUT2D eigenvalue weighted by Gasteiger charge is -1.98. The number of aromatic nitrogens is 4. The second kappa shape index (κ2) is 3.81. The van der Waals surface area contributed by atoms with Crippen molar-refractivity contribution in [2.75, 3.05) is 0 Å². The van der Waals surface area contributed by atoms with E-state index in [2.05, 4.69) is 25.8 Å². The van der Waals surface area contributed by atoms with Crippen molar-refractivity contribution < 1.29 is 0 Å². The maximum absolute atomic E-state index is 11.6. The summed E-state index contributed by atoms with van der Waals surface area (Å²) in [5.74, 6) is 0. The number of aryl methyl sites for hydroxylation is 1. The zero-order valence-electron chi connectivity index (χ0n) is 9.15. The zero-order valence-corrected chi connectivity index (χ0v) is 9.97. The summed E-state index contributed by atoms with van der Waals surface area (Å²) in [7, 11) is 0. The maximum atomic E-state index is 11.6. The molecule has 3 aromatic heterocycles. The highest BCUT2D eigenvalue weighted by Crippen LogP contribution is 2.17. The summed E-state index contributed by atoms with van der Waals surface area (Å²) in [6.45, 7) is 1.83. The molecule has 86 valence electrons. The van der Waals surface area contributed by atoms with Gasteiger partial charge in [-0.2, -0.15) is 21.5 Å². The Kier molecular flexibility index (Phi) is 2.29. The molecule has 6 heteroatoms. The molecule has 0 atom stereocenters. The average Bonchev–Trinajstić information content (AvgIpc) is 2.93. The van der Waals surface area contributed by atoms with E-state index in [0.29, 0.717) is 17.3 Å². The summed E-state index contributed by atoms with van der Waals surface area (Å²) in [4.78, 5) is 11.6. The number of H-pyrrole nitrogens is 2. The van der Waals surface area contributed by atoms with Crippen molar-refractivity contribution in [3.8, 4) is 0 Å². The molecule has 0 spiro atoms. The van der Waals surface area contributed by atoms with Gasteiger partial charge in [0.15, 0.2) is 0 Å². The second-order valence-corrected chi connectivity index (χ2v) is 4.66. The number of rotatable bonds is 2. The lowest BCUT2D eigenvalue weighted by Crippen LogP contribution is -2.11. The van der Waals surface area contributed by atoms with Gasteiger partial charge < -0.3 is 0 Å². The molecule has 2 N–H and O–H groups in total. The molecular weight excluding hydrogens is 236 g/mol. The molecule has 3 aromatic rings. The number of hydrogen-bond acceptors (Lipinski definition) is 4. The van der Waals surface area contributed by atoms with E-state index in [1.807, 2.05) is 18.4 Å². The minimum absolute atomic E-state index is 0.194. The van der Waals surface area contributed by atoms with Gasteiger partial charge in [0, 0.05) is 12.1 Å². The molecule has 3 heterocycles. The van der Waals surface area contributed by atoms with Gasteiger partial charge in [0.1, 0.15) is 5.52 Å². The fourth-order valence-corrected chi connectivity index (χ4v) is 2.52. The van der Waals surface area contributed by atoms with E-state index in [-0.39, 0.29) is 5.56 Å². The van der Waals surface area contributed by atoms with Crippen molar-refractivity contribution in [1.82, 2.24) is 20.4 Å². The van der Waals surface area contributed by atoms with Crippen LogP contribution >= 0.6 is 11.3 Å². The number of nitrogens with one attached hydrogen (secondary N) is 2. The van der Waals surface area contributed by atoms with Gasteiger partial charge in [0.05, 0.1) is 11.1 Å². The third kappa shape index (κ3) is 1.66. The molecule has 5 nitrogen and oxygen atoms in total. The van der Waals surface area contributed by atoms with Crippen LogP contribution in [-0.2, 0) is 6.42 Å². The van der Waals surface area contributed by atoms with E-state index < -0.39 is 0 Å². The van der Waals surface area contributed by atoms with Crippen molar-refractivity contribution in [3.05, 3.63) is 44.1 Å². The highest BCUT2D eigenvalue weighted by Gasteiger charge is 2.12. The van der Waals surface area contributed by atoms with Gasteiger partial charge >= 0.3 is 0 Å². The van der Waals surface area contributed by atoms with Crippen molar-refractivity contribution in [3.63, 3.8) is 0 Å². The fraction of sp³-hybridized carbons (Fsp3) is 0.182. The Balaban J connectivity index is 2.18. The number of thiophene rings is 1. The smallest absolute Gasteiger partial charge is 0.275 e. The van der Waals surface area contributed by atoms with Crippen molar-refractivity contribution in [2.24, 2.45) is 0 Å². The Hall–Kier alpha value is -1.95. The van der Waals surface area contributed by atoms with E-state index in [4.69, 9.17) is 0 Å². The van der Waals surface area contributed by atoms with Crippen LogP contribution in [0.3, 0.4) is 0 Å². The van der Waals surface area contributed by atoms with Crippen LogP contribution in [-0.4, -0.2) is 20.4 Å². The predicted octanol–water partition coefficient (Wildman–Crippen LogP) is 1.61. The predicted molar refractivity (Wildman–Crippen MR) is 66.4 cm³/mol. The molecule has 0 amide bonds. The Bertz CT molecular complexity index is 711. The highest BCUT2D eigenvalue weighted by molar-refractivity contribution is 7.07. The lowest BCUT2D eigenvalue weighted by atomic mass is 10.1. The van der Waals surface area contributed by atoms with Crippen LogP contribution < -0.4 is 5.56 Å². The number of aromatic amines is 2. The van der Waals surface area contributed by atoms with Crippen molar-refractivity contribution in [2.45, 2.75) is 13.3 Å². The zero-order chi connectivity index (χ0) is 11.8. The molecule has 0 radical (unpaired) electrons. The summed E-state index contributed by atoms with van der Waals surface area (Å²) >= 11 is 1.64. The van der Waals surface area contributed by atoms with Gasteiger partial charge in [0.25, 0.3) is 5.56 Å². The molecule has 0 aliphatic carbocycles. The Labute approximate surface area is 101 Å². The van der Waals surface area contributed by atoms with Crippen LogP contribution in [0.5, 0.6) is 0 Å². The standard InChI is InChI=1S/C11H10N4OS/c1-6-9-10(14-12-6)8(13-15-11(9)16)4-7-2-3-17-5-7/h2-3,5H,4H2,1H3,(H,12,14)(H,15,16). The molecule has 17 heavy (non-hydrogen) atoms. The average molecular weight is 246 g/mol. The van der Waals surface area contributed by atoms with Gasteiger partial charge in [-0.15, -0.1) is 0 Å². The molecule has 0 bridgehead atoms. The third-order valence-corrected chi connectivity index (χ3v) is 3.42. The summed E-state index contributed by atoms with van der Waals surface area (Å²) in [5, 5.41) is 18.3. The first kappa shape index (κ1) is 10.2. The third-order valence-electron chi connectivity index (χ3n) is 2.69. The number of nitrogens with zero attached hydrogens (tertiary/aromatic N) is 2. The molecule has 0 aromatic carbocycles. The maximum Gasteiger partial charge on any atom is 0.275 e. The van der Waals surface area contributed by atoms with Crippen molar-refractivity contribution >= 4 is 22.2 Å². The normalized spacial score (nSPS) is 11.1. The van der Waals surface area contributed by atoms with Gasteiger partial charge in [-0.3, -0.25) is 9.89 Å². The molecule has 0 unspecified atom stereocenters. The van der Waals surface area contributed by atoms with Crippen LogP contribution in [0.2, 0.25) is 0 Å². The van der Waals surface area contributed by atoms with E-state index >= 15 is 0 Å². The number of hydrogen-bond donors (Lipinski definition) is 2. The van der Waals surface area contributed by atoms with E-state index in [9.17, 15) is 4.79 Å². The van der Waals surface area contributed by atoms with E-state index in [1.54, 1.807) is 11.3 Å². The van der Waals surface area contributed by atoms with Crippen LogP contribution in [0.25, 0.3) is 10.9 Å². The molecule has 0 aliphatic heterocycles. The van der Waals surface area contributed by atoms with Gasteiger partial charge in [-0.05, 0) is 29.3 Å². The molecule has 0 saturated heterocycles. The second-order valence-electron chi connectivity index (χ2n) is 3.88. The van der Waals surface area contributed by atoms with E-state index in [1.165, 1.54) is 5.56 Å². The molecular formula is C11H10N4OS. The Morgan fingerprint density at radius 1 is 1.35 bits per heavy atom. The topological polar surface area (TPSA) is 74.4 Å². The van der Waals surface area contributed by atoms with Gasteiger partial charge in [-0.1, -0.05) is 0 Å². The van der Waals surface area contributed by atoms with Crippen LogP contribution in [0, 0.1) is 6.92 Å². The van der Waals surface area contributed by atoms with Crippen LogP contribution in [0.4, 0.5) is 0 Å². The first-order chi connectivity index (χ1) is 8.25. The van der Waals surface area contributed by atoms with Gasteiger partial charge in [-0.25, -0.2) is 5.10 Å². The Morgan fingerprint density at radius 2 is 2.24 bits per heavy atom. The van der Waals surface area contributed by atoms with Crippen molar-refractivity contribution in [1.29, 1.82) is 0 Å². The largest absolute Gasteiger partial charge is 0.281 e. The first-order valence-electron chi connectivity index (χ1n) is 5.19. The minimum atomic E-state index is -0.194. The monoisotopic (exact) mass is 246 g/mol. The summed E-state index contributed by atoms with van der Waals surface area (Å²) < 4.78 is 0. The van der Waals surface area contributed by atoms with E-state index in [0.717, 1.165) is 11.4 Å². The van der Waals surface area contributed by atoms with Gasteiger partial charge in [0.2, 0.25) is 0 Å². The lowest BCUT2D eigenvalue weighted by molar-refractivity contribution is 0.929. The number of fused-ring (bicyclic) bond motifs is 1. The summed E-state index contributed by atoms with van der Waals surface area (Å²) in [6, 6.07) is 2.04. The molecule has 0 fully saturated rings. The summed E-state index contributed by atoms with van der Waals surface area (Å²) in [5.41, 5.74) is 3.21. The highest BCUT2D eigenvalue weighted by atomic mass is 32.1. The van der Waals surface area contributed by atoms with Crippen LogP contribution in [0.1, 0.15) is 17.0 Å². The quantitative estimate of drug-likeness (QED) is 0.721. The minimum Gasteiger partial charge on any atom is -0.281 e. The molecule has 0 saturated carbocycles. The van der Waals surface area contributed by atoms with Crippen LogP contribution in [0.15, 0.2) is 21.6 Å².